The Labute approximate surface area is 131 Å². The molecule has 0 aliphatic carbocycles. The molecule has 0 saturated carbocycles. The van der Waals surface area contributed by atoms with Crippen LogP contribution in [-0.2, 0) is 0 Å². The Balaban J connectivity index is 1.92. The van der Waals surface area contributed by atoms with Gasteiger partial charge in [0.15, 0.2) is 0 Å². The number of hydrogen-bond acceptors (Lipinski definition) is 3. The Morgan fingerprint density at radius 1 is 1.05 bits per heavy atom. The number of para-hydroxylation sites is 1. The monoisotopic (exact) mass is 289 g/mol. The maximum absolute atomic E-state index is 4.75. The van der Waals surface area contributed by atoms with Gasteiger partial charge in [0, 0.05) is 18.3 Å². The number of anilines is 1. The van der Waals surface area contributed by atoms with Crippen molar-refractivity contribution in [1.29, 1.82) is 0 Å². The van der Waals surface area contributed by atoms with Gasteiger partial charge in [-0.25, -0.2) is 0 Å². The van der Waals surface area contributed by atoms with Crippen LogP contribution in [0.4, 0.5) is 5.69 Å². The van der Waals surface area contributed by atoms with E-state index < -0.39 is 0 Å². The molecule has 0 radical (unpaired) electrons. The molecule has 2 aromatic carbocycles. The average Bonchev–Trinajstić information content (AvgIpc) is 3.05. The molecule has 2 heterocycles. The highest BCUT2D eigenvalue weighted by atomic mass is 15.4. The molecule has 0 fully saturated rings. The molecule has 0 N–H and O–H groups in total. The molecule has 3 nitrogen and oxygen atoms in total. The lowest BCUT2D eigenvalue weighted by molar-refractivity contribution is 0.377. The molecule has 110 valence electrons. The molecule has 1 atom stereocenters. The first-order valence-corrected chi connectivity index (χ1v) is 7.77. The number of hydrogen-bond donors (Lipinski definition) is 0. The maximum Gasteiger partial charge on any atom is 0.206 e. The fourth-order valence-electron chi connectivity index (χ4n) is 3.41. The van der Waals surface area contributed by atoms with Crippen LogP contribution in [0.25, 0.3) is 0 Å². The number of benzene rings is 2. The van der Waals surface area contributed by atoms with Gasteiger partial charge in [0.2, 0.25) is 5.96 Å². The highest BCUT2D eigenvalue weighted by molar-refractivity contribution is 6.02. The highest BCUT2D eigenvalue weighted by Gasteiger charge is 2.37. The third-order valence-corrected chi connectivity index (χ3v) is 4.28. The van der Waals surface area contributed by atoms with Crippen LogP contribution < -0.4 is 4.90 Å². The van der Waals surface area contributed by atoms with E-state index in [1.54, 1.807) is 0 Å². The summed E-state index contributed by atoms with van der Waals surface area (Å²) in [4.78, 5) is 9.37. The summed E-state index contributed by atoms with van der Waals surface area (Å²) >= 11 is 0. The minimum atomic E-state index is 0.250. The predicted molar refractivity (Wildman–Crippen MR) is 91.0 cm³/mol. The summed E-state index contributed by atoms with van der Waals surface area (Å²) in [6.45, 7) is 3.88. The molecule has 0 amide bonds. The van der Waals surface area contributed by atoms with Gasteiger partial charge < -0.3 is 4.90 Å². The SMILES string of the molecule is CC=CN1C2=NCCN2C(c2ccccc2)c2ccccc21. The lowest BCUT2D eigenvalue weighted by Gasteiger charge is -2.42. The first-order chi connectivity index (χ1) is 10.9. The first-order valence-electron chi connectivity index (χ1n) is 7.77. The van der Waals surface area contributed by atoms with Gasteiger partial charge in [0.05, 0.1) is 18.3 Å². The van der Waals surface area contributed by atoms with Crippen LogP contribution in [0.2, 0.25) is 0 Å². The fourth-order valence-corrected chi connectivity index (χ4v) is 3.41. The third kappa shape index (κ3) is 1.93. The molecule has 0 bridgehead atoms. The van der Waals surface area contributed by atoms with Gasteiger partial charge in [-0.05, 0) is 18.6 Å². The Bertz CT molecular complexity index is 733. The lowest BCUT2D eigenvalue weighted by Crippen LogP contribution is -2.46. The largest absolute Gasteiger partial charge is 0.329 e. The van der Waals surface area contributed by atoms with Crippen molar-refractivity contribution in [3.8, 4) is 0 Å². The molecular weight excluding hydrogens is 270 g/mol. The molecular formula is C19H19N3. The summed E-state index contributed by atoms with van der Waals surface area (Å²) in [5.74, 6) is 1.06. The number of fused-ring (bicyclic) bond motifs is 2. The number of nitrogens with zero attached hydrogens (tertiary/aromatic N) is 3. The van der Waals surface area contributed by atoms with Gasteiger partial charge in [-0.1, -0.05) is 54.6 Å². The van der Waals surface area contributed by atoms with Crippen LogP contribution in [-0.4, -0.2) is 23.9 Å². The minimum absolute atomic E-state index is 0.250. The van der Waals surface area contributed by atoms with Crippen LogP contribution in [0.15, 0.2) is 71.9 Å². The van der Waals surface area contributed by atoms with Crippen LogP contribution in [0.5, 0.6) is 0 Å². The second-order valence-corrected chi connectivity index (χ2v) is 5.60. The van der Waals surface area contributed by atoms with Gasteiger partial charge in [-0.15, -0.1) is 0 Å². The lowest BCUT2D eigenvalue weighted by atomic mass is 9.93. The number of aliphatic imine (C=N–C) groups is 1. The predicted octanol–water partition coefficient (Wildman–Crippen LogP) is 3.80. The topological polar surface area (TPSA) is 18.8 Å². The van der Waals surface area contributed by atoms with Crippen molar-refractivity contribution in [3.05, 3.63) is 78.0 Å². The van der Waals surface area contributed by atoms with Crippen LogP contribution in [0, 0.1) is 0 Å². The highest BCUT2D eigenvalue weighted by Crippen LogP contribution is 2.41. The summed E-state index contributed by atoms with van der Waals surface area (Å²) in [5.41, 5.74) is 3.89. The number of allylic oxidation sites excluding steroid dienone is 1. The van der Waals surface area contributed by atoms with Gasteiger partial charge in [-0.3, -0.25) is 9.89 Å². The Kier molecular flexibility index (Phi) is 3.19. The van der Waals surface area contributed by atoms with E-state index in [0.29, 0.717) is 0 Å². The smallest absolute Gasteiger partial charge is 0.206 e. The summed E-state index contributed by atoms with van der Waals surface area (Å²) in [7, 11) is 0. The second kappa shape index (κ2) is 5.34. The molecule has 0 aromatic heterocycles. The van der Waals surface area contributed by atoms with Crippen molar-refractivity contribution in [2.75, 3.05) is 18.0 Å². The zero-order valence-electron chi connectivity index (χ0n) is 12.7. The van der Waals surface area contributed by atoms with E-state index >= 15 is 0 Å². The quantitative estimate of drug-likeness (QED) is 0.837. The molecule has 3 heteroatoms. The maximum atomic E-state index is 4.75. The molecule has 0 spiro atoms. The summed E-state index contributed by atoms with van der Waals surface area (Å²) in [6, 6.07) is 19.6. The normalized spacial score (nSPS) is 20.0. The molecule has 4 rings (SSSR count). The molecule has 0 saturated heterocycles. The standard InChI is InChI=1S/C19H19N3/c1-2-13-21-17-11-7-6-10-16(17)18(15-8-4-3-5-9-15)22-14-12-20-19(21)22/h2-11,13,18H,12,14H2,1H3. The van der Waals surface area contributed by atoms with Crippen molar-refractivity contribution in [3.63, 3.8) is 0 Å². The van der Waals surface area contributed by atoms with E-state index in [4.69, 9.17) is 4.99 Å². The van der Waals surface area contributed by atoms with Crippen LogP contribution in [0.1, 0.15) is 24.1 Å². The Morgan fingerprint density at radius 3 is 2.64 bits per heavy atom. The average molecular weight is 289 g/mol. The minimum Gasteiger partial charge on any atom is -0.329 e. The summed E-state index contributed by atoms with van der Waals surface area (Å²) < 4.78 is 0. The Hall–Kier alpha value is -2.55. The molecule has 2 aliphatic rings. The molecule has 22 heavy (non-hydrogen) atoms. The van der Waals surface area contributed by atoms with E-state index in [1.165, 1.54) is 16.8 Å². The van der Waals surface area contributed by atoms with Gasteiger partial charge in [-0.2, -0.15) is 0 Å². The van der Waals surface area contributed by atoms with E-state index in [0.717, 1.165) is 19.0 Å². The second-order valence-electron chi connectivity index (χ2n) is 5.60. The number of rotatable bonds is 2. The van der Waals surface area contributed by atoms with E-state index in [-0.39, 0.29) is 6.04 Å². The van der Waals surface area contributed by atoms with Crippen molar-refractivity contribution < 1.29 is 0 Å². The molecule has 2 aliphatic heterocycles. The third-order valence-electron chi connectivity index (χ3n) is 4.28. The van der Waals surface area contributed by atoms with Crippen LogP contribution >= 0.6 is 0 Å². The first kappa shape index (κ1) is 13.1. The fraction of sp³-hybridized carbons (Fsp3) is 0.211. The van der Waals surface area contributed by atoms with E-state index in [1.807, 2.05) is 6.92 Å². The van der Waals surface area contributed by atoms with Gasteiger partial charge in [0.25, 0.3) is 0 Å². The molecule has 1 unspecified atom stereocenters. The van der Waals surface area contributed by atoms with E-state index in [2.05, 4.69) is 76.7 Å². The zero-order chi connectivity index (χ0) is 14.9. The zero-order valence-corrected chi connectivity index (χ0v) is 12.7. The van der Waals surface area contributed by atoms with Crippen molar-refractivity contribution >= 4 is 11.6 Å². The number of guanidine groups is 1. The van der Waals surface area contributed by atoms with Crippen molar-refractivity contribution in [2.24, 2.45) is 4.99 Å². The molecule has 2 aromatic rings. The summed E-state index contributed by atoms with van der Waals surface area (Å²) in [5, 5.41) is 0. The Morgan fingerprint density at radius 2 is 1.82 bits per heavy atom. The van der Waals surface area contributed by atoms with Crippen LogP contribution in [0.3, 0.4) is 0 Å². The van der Waals surface area contributed by atoms with Crippen molar-refractivity contribution in [2.45, 2.75) is 13.0 Å². The van der Waals surface area contributed by atoms with Gasteiger partial charge in [0.1, 0.15) is 0 Å². The van der Waals surface area contributed by atoms with Crippen molar-refractivity contribution in [1.82, 2.24) is 4.90 Å². The summed E-state index contributed by atoms with van der Waals surface area (Å²) in [6.07, 6.45) is 4.18. The van der Waals surface area contributed by atoms with Gasteiger partial charge >= 0.3 is 0 Å². The van der Waals surface area contributed by atoms with E-state index in [9.17, 15) is 0 Å².